The number of piperidine rings is 2. The van der Waals surface area contributed by atoms with Crippen LogP contribution in [0.2, 0.25) is 0 Å². The molecule has 1 aromatic heterocycles. The third-order valence-electron chi connectivity index (χ3n) is 6.52. The van der Waals surface area contributed by atoms with Gasteiger partial charge in [0.1, 0.15) is 0 Å². The molecule has 0 radical (unpaired) electrons. The van der Waals surface area contributed by atoms with Crippen molar-refractivity contribution in [2.45, 2.75) is 51.5 Å². The Labute approximate surface area is 166 Å². The summed E-state index contributed by atoms with van der Waals surface area (Å²) in [6.45, 7) is 6.64. The molecule has 27 heavy (non-hydrogen) atoms. The van der Waals surface area contributed by atoms with Crippen molar-refractivity contribution in [2.24, 2.45) is 11.8 Å². The molecule has 3 atom stereocenters. The monoisotopic (exact) mass is 389 g/mol. The van der Waals surface area contributed by atoms with Crippen molar-refractivity contribution in [3.8, 4) is 0 Å². The number of hydrogen-bond donors (Lipinski definition) is 1. The topological polar surface area (TPSA) is 52.7 Å². The van der Waals surface area contributed by atoms with Gasteiger partial charge in [0, 0.05) is 38.6 Å². The summed E-state index contributed by atoms with van der Waals surface area (Å²) in [5.41, 5.74) is 1.09. The van der Waals surface area contributed by atoms with Crippen molar-refractivity contribution in [3.63, 3.8) is 0 Å². The highest BCUT2D eigenvalue weighted by Crippen LogP contribution is 2.32. The average molecular weight is 390 g/mol. The van der Waals surface area contributed by atoms with Gasteiger partial charge in [0.2, 0.25) is 5.91 Å². The van der Waals surface area contributed by atoms with Crippen LogP contribution in [-0.2, 0) is 4.79 Å². The van der Waals surface area contributed by atoms with Gasteiger partial charge in [-0.3, -0.25) is 9.59 Å². The molecule has 0 unspecified atom stereocenters. The average Bonchev–Trinajstić information content (AvgIpc) is 3.34. The first-order chi connectivity index (χ1) is 13.1. The zero-order chi connectivity index (χ0) is 18.8. The molecule has 0 aliphatic carbocycles. The molecule has 3 aliphatic heterocycles. The number of nitrogens with zero attached hydrogens (tertiary/aromatic N) is 2. The van der Waals surface area contributed by atoms with E-state index in [1.54, 1.807) is 11.3 Å². The van der Waals surface area contributed by atoms with Gasteiger partial charge < -0.3 is 15.1 Å². The predicted molar refractivity (Wildman–Crippen MR) is 108 cm³/mol. The summed E-state index contributed by atoms with van der Waals surface area (Å²) < 4.78 is 0. The van der Waals surface area contributed by atoms with Crippen molar-refractivity contribution in [3.05, 3.63) is 21.9 Å². The molecule has 3 saturated heterocycles. The Morgan fingerprint density at radius 1 is 1.22 bits per heavy atom. The summed E-state index contributed by atoms with van der Waals surface area (Å²) in [6.07, 6.45) is 6.19. The number of rotatable bonds is 5. The van der Waals surface area contributed by atoms with E-state index in [-0.39, 0.29) is 5.91 Å². The second kappa shape index (κ2) is 8.31. The zero-order valence-electron chi connectivity index (χ0n) is 16.3. The van der Waals surface area contributed by atoms with Crippen molar-refractivity contribution in [1.29, 1.82) is 0 Å². The molecule has 4 heterocycles. The van der Waals surface area contributed by atoms with Crippen LogP contribution in [0, 0.1) is 18.8 Å². The van der Waals surface area contributed by atoms with Gasteiger partial charge in [0.15, 0.2) is 0 Å². The van der Waals surface area contributed by atoms with Crippen LogP contribution < -0.4 is 5.32 Å². The lowest BCUT2D eigenvalue weighted by Crippen LogP contribution is -2.57. The summed E-state index contributed by atoms with van der Waals surface area (Å²) in [7, 11) is 0. The first-order valence-corrected chi connectivity index (χ1v) is 11.3. The molecule has 0 saturated carbocycles. The third kappa shape index (κ3) is 4.21. The number of carbonyl (C=O) groups excluding carboxylic acids is 2. The van der Waals surface area contributed by atoms with Crippen LogP contribution in [-0.4, -0.2) is 60.4 Å². The van der Waals surface area contributed by atoms with Crippen molar-refractivity contribution >= 4 is 23.2 Å². The van der Waals surface area contributed by atoms with E-state index >= 15 is 0 Å². The Morgan fingerprint density at radius 3 is 2.78 bits per heavy atom. The molecule has 2 bridgehead atoms. The molecular weight excluding hydrogens is 358 g/mol. The van der Waals surface area contributed by atoms with Gasteiger partial charge in [0.05, 0.1) is 4.88 Å². The minimum Gasteiger partial charge on any atom is -0.343 e. The summed E-state index contributed by atoms with van der Waals surface area (Å²) in [4.78, 5) is 30.2. The molecule has 3 aliphatic rings. The molecule has 1 N–H and O–H groups in total. The first-order valence-electron chi connectivity index (χ1n) is 10.5. The van der Waals surface area contributed by atoms with E-state index in [9.17, 15) is 9.59 Å². The van der Waals surface area contributed by atoms with Crippen LogP contribution in [0.4, 0.5) is 0 Å². The summed E-state index contributed by atoms with van der Waals surface area (Å²) in [6, 6.07) is 2.47. The Morgan fingerprint density at radius 2 is 2.04 bits per heavy atom. The van der Waals surface area contributed by atoms with Crippen LogP contribution in [0.5, 0.6) is 0 Å². The van der Waals surface area contributed by atoms with Crippen LogP contribution >= 0.6 is 11.3 Å². The predicted octanol–water partition coefficient (Wildman–Crippen LogP) is 2.90. The Bertz CT molecular complexity index is 683. The lowest BCUT2D eigenvalue weighted by Gasteiger charge is -2.46. The van der Waals surface area contributed by atoms with E-state index in [0.717, 1.165) is 68.8 Å². The number of carbonyl (C=O) groups is 2. The van der Waals surface area contributed by atoms with E-state index in [1.165, 1.54) is 6.42 Å². The number of fused-ring (bicyclic) bond motifs is 2. The molecule has 1 aromatic rings. The van der Waals surface area contributed by atoms with Gasteiger partial charge in [-0.25, -0.2) is 0 Å². The largest absolute Gasteiger partial charge is 0.343 e. The van der Waals surface area contributed by atoms with E-state index in [2.05, 4.69) is 10.2 Å². The summed E-state index contributed by atoms with van der Waals surface area (Å²) >= 11 is 1.56. The number of thiophene rings is 1. The van der Waals surface area contributed by atoms with Gasteiger partial charge in [-0.2, -0.15) is 0 Å². The lowest BCUT2D eigenvalue weighted by molar-refractivity contribution is -0.130. The number of likely N-dealkylation sites (tertiary alicyclic amines) is 2. The zero-order valence-corrected chi connectivity index (χ0v) is 17.1. The highest BCUT2D eigenvalue weighted by atomic mass is 32.1. The number of hydrogen-bond acceptors (Lipinski definition) is 4. The van der Waals surface area contributed by atoms with E-state index in [1.807, 2.05) is 23.3 Å². The van der Waals surface area contributed by atoms with Crippen LogP contribution in [0.15, 0.2) is 11.4 Å². The molecule has 0 aromatic carbocycles. The quantitative estimate of drug-likeness (QED) is 0.842. The maximum Gasteiger partial charge on any atom is 0.264 e. The van der Waals surface area contributed by atoms with Gasteiger partial charge in [-0.05, 0) is 74.4 Å². The van der Waals surface area contributed by atoms with E-state index in [0.29, 0.717) is 30.2 Å². The minimum atomic E-state index is 0.210. The molecule has 6 heteroatoms. The highest BCUT2D eigenvalue weighted by Gasteiger charge is 2.38. The SMILES string of the molecule is Cc1ccsc1C(=O)N1C[C@@H]2CN[C@H](CCCC(=O)N3CCCC3)[C@H](C2)C1. The molecule has 3 fully saturated rings. The van der Waals surface area contributed by atoms with E-state index in [4.69, 9.17) is 0 Å². The van der Waals surface area contributed by atoms with Crippen LogP contribution in [0.1, 0.15) is 53.8 Å². The summed E-state index contributed by atoms with van der Waals surface area (Å²) in [5, 5.41) is 5.72. The van der Waals surface area contributed by atoms with Crippen LogP contribution in [0.3, 0.4) is 0 Å². The van der Waals surface area contributed by atoms with Crippen molar-refractivity contribution < 1.29 is 9.59 Å². The fourth-order valence-electron chi connectivity index (χ4n) is 5.01. The third-order valence-corrected chi connectivity index (χ3v) is 7.52. The van der Waals surface area contributed by atoms with Gasteiger partial charge in [0.25, 0.3) is 5.91 Å². The Kier molecular flexibility index (Phi) is 5.83. The fraction of sp³-hybridized carbons (Fsp3) is 0.714. The summed E-state index contributed by atoms with van der Waals surface area (Å²) in [5.74, 6) is 1.62. The fourth-order valence-corrected chi connectivity index (χ4v) is 5.90. The van der Waals surface area contributed by atoms with Gasteiger partial charge >= 0.3 is 0 Å². The standard InChI is InChI=1S/C21H31N3O2S/c1-15-7-10-27-20(15)21(26)24-13-16-11-17(14-24)18(22-12-16)5-4-6-19(25)23-8-2-3-9-23/h7,10,16-18,22H,2-6,8-9,11-14H2,1H3/t16-,17+,18+/m0/s1. The number of nitrogens with one attached hydrogen (secondary N) is 1. The molecule has 4 rings (SSSR count). The van der Waals surface area contributed by atoms with Crippen LogP contribution in [0.25, 0.3) is 0 Å². The molecule has 5 nitrogen and oxygen atoms in total. The smallest absolute Gasteiger partial charge is 0.264 e. The van der Waals surface area contributed by atoms with Crippen molar-refractivity contribution in [1.82, 2.24) is 15.1 Å². The molecule has 0 spiro atoms. The van der Waals surface area contributed by atoms with Gasteiger partial charge in [-0.15, -0.1) is 11.3 Å². The maximum atomic E-state index is 12.9. The molecular formula is C21H31N3O2S. The highest BCUT2D eigenvalue weighted by molar-refractivity contribution is 7.12. The van der Waals surface area contributed by atoms with E-state index < -0.39 is 0 Å². The lowest BCUT2D eigenvalue weighted by atomic mass is 9.79. The first kappa shape index (κ1) is 18.9. The maximum absolute atomic E-state index is 12.9. The molecule has 2 amide bonds. The van der Waals surface area contributed by atoms with Gasteiger partial charge in [-0.1, -0.05) is 0 Å². The Hall–Kier alpha value is -1.40. The minimum absolute atomic E-state index is 0.210. The Balaban J connectivity index is 1.30. The van der Waals surface area contributed by atoms with Crippen molar-refractivity contribution in [2.75, 3.05) is 32.7 Å². The normalized spacial score (nSPS) is 27.8. The number of aryl methyl sites for hydroxylation is 1. The number of amides is 2. The second-order valence-electron chi connectivity index (χ2n) is 8.50. The molecule has 148 valence electrons. The second-order valence-corrected chi connectivity index (χ2v) is 9.42.